The van der Waals surface area contributed by atoms with Crippen molar-refractivity contribution in [1.29, 1.82) is 0 Å². The minimum atomic E-state index is -0.0779. The molecular weight excluding hydrogens is 386 g/mol. The van der Waals surface area contributed by atoms with Crippen LogP contribution < -0.4 is 0 Å². The van der Waals surface area contributed by atoms with E-state index in [0.717, 1.165) is 10.4 Å². The number of aromatic nitrogens is 3. The second-order valence-electron chi connectivity index (χ2n) is 6.75. The van der Waals surface area contributed by atoms with E-state index in [2.05, 4.69) is 10.3 Å². The second kappa shape index (κ2) is 8.83. The molecule has 0 unspecified atom stereocenters. The van der Waals surface area contributed by atoms with Gasteiger partial charge in [-0.15, -0.1) is 16.4 Å². The largest absolute Gasteiger partial charge is 0.336 e. The fourth-order valence-electron chi connectivity index (χ4n) is 3.19. The van der Waals surface area contributed by atoms with Crippen molar-refractivity contribution in [3.63, 3.8) is 0 Å². The first-order valence-electron chi connectivity index (χ1n) is 9.43. The summed E-state index contributed by atoms with van der Waals surface area (Å²) in [5, 5.41) is 10.1. The van der Waals surface area contributed by atoms with E-state index in [1.54, 1.807) is 20.6 Å². The lowest BCUT2D eigenvalue weighted by Gasteiger charge is -2.34. The number of carbonyl (C=O) groups excluding carboxylic acids is 2. The number of hydrogen-bond donors (Lipinski definition) is 0. The maximum absolute atomic E-state index is 12.5. The third-order valence-corrected chi connectivity index (χ3v) is 5.61. The van der Waals surface area contributed by atoms with Crippen molar-refractivity contribution in [2.24, 2.45) is 0 Å². The highest BCUT2D eigenvalue weighted by Crippen LogP contribution is 2.14. The zero-order valence-corrected chi connectivity index (χ0v) is 16.7. The van der Waals surface area contributed by atoms with Crippen LogP contribution in [0.15, 0.2) is 60.1 Å². The van der Waals surface area contributed by atoms with Crippen LogP contribution in [0.1, 0.15) is 20.9 Å². The minimum absolute atomic E-state index is 0.0395. The molecule has 29 heavy (non-hydrogen) atoms. The Morgan fingerprint density at radius 2 is 1.76 bits per heavy atom. The van der Waals surface area contributed by atoms with Crippen molar-refractivity contribution in [3.05, 3.63) is 76.3 Å². The molecule has 0 spiro atoms. The maximum atomic E-state index is 12.5. The molecule has 0 atom stereocenters. The highest BCUT2D eigenvalue weighted by Gasteiger charge is 2.24. The Morgan fingerprint density at radius 3 is 2.48 bits per heavy atom. The van der Waals surface area contributed by atoms with E-state index >= 15 is 0 Å². The quantitative estimate of drug-likeness (QED) is 0.609. The summed E-state index contributed by atoms with van der Waals surface area (Å²) in [5.41, 5.74) is 1.78. The zero-order valence-electron chi connectivity index (χ0n) is 15.8. The molecule has 1 saturated heterocycles. The van der Waals surface area contributed by atoms with Gasteiger partial charge in [0, 0.05) is 32.3 Å². The topological polar surface area (TPSA) is 71.3 Å². The van der Waals surface area contributed by atoms with Gasteiger partial charge in [0.25, 0.3) is 5.91 Å². The first-order valence-corrected chi connectivity index (χ1v) is 10.3. The van der Waals surface area contributed by atoms with E-state index in [9.17, 15) is 9.59 Å². The number of nitrogens with zero attached hydrogens (tertiary/aromatic N) is 5. The fourth-order valence-corrected chi connectivity index (χ4v) is 3.88. The van der Waals surface area contributed by atoms with Crippen LogP contribution >= 0.6 is 11.3 Å². The fraction of sp³-hybridized carbons (Fsp3) is 0.238. The van der Waals surface area contributed by atoms with Gasteiger partial charge >= 0.3 is 0 Å². The lowest BCUT2D eigenvalue weighted by molar-refractivity contribution is -0.127. The number of amides is 2. The van der Waals surface area contributed by atoms with Crippen molar-refractivity contribution in [1.82, 2.24) is 24.8 Å². The smallest absolute Gasteiger partial charge is 0.264 e. The van der Waals surface area contributed by atoms with Gasteiger partial charge in [0.2, 0.25) is 5.91 Å². The monoisotopic (exact) mass is 407 g/mol. The first-order chi connectivity index (χ1) is 14.2. The third-order valence-electron chi connectivity index (χ3n) is 4.75. The summed E-state index contributed by atoms with van der Waals surface area (Å²) >= 11 is 1.44. The third kappa shape index (κ3) is 4.78. The predicted octanol–water partition coefficient (Wildman–Crippen LogP) is 2.39. The van der Waals surface area contributed by atoms with E-state index in [4.69, 9.17) is 0 Å². The molecule has 1 aliphatic heterocycles. The SMILES string of the molecule is O=C(/C=C/c1cn(Cc2ccccc2)nn1)N1CCN(C(=O)c2cccs2)CC1. The van der Waals surface area contributed by atoms with Crippen LogP contribution in [0, 0.1) is 0 Å². The van der Waals surface area contributed by atoms with Crippen LogP contribution in [-0.2, 0) is 11.3 Å². The summed E-state index contributed by atoms with van der Waals surface area (Å²) in [7, 11) is 0. The lowest BCUT2D eigenvalue weighted by Crippen LogP contribution is -2.50. The Morgan fingerprint density at radius 1 is 1.00 bits per heavy atom. The van der Waals surface area contributed by atoms with Gasteiger partial charge in [-0.05, 0) is 23.1 Å². The van der Waals surface area contributed by atoms with E-state index < -0.39 is 0 Å². The summed E-state index contributed by atoms with van der Waals surface area (Å²) in [5.74, 6) is -0.0384. The highest BCUT2D eigenvalue weighted by atomic mass is 32.1. The van der Waals surface area contributed by atoms with Crippen LogP contribution in [-0.4, -0.2) is 62.8 Å². The Kier molecular flexibility index (Phi) is 5.81. The van der Waals surface area contributed by atoms with Crippen molar-refractivity contribution in [2.45, 2.75) is 6.54 Å². The van der Waals surface area contributed by atoms with E-state index in [0.29, 0.717) is 38.4 Å². The molecule has 1 aliphatic rings. The van der Waals surface area contributed by atoms with Gasteiger partial charge in [-0.25, -0.2) is 4.68 Å². The van der Waals surface area contributed by atoms with E-state index in [1.165, 1.54) is 17.4 Å². The summed E-state index contributed by atoms with van der Waals surface area (Å²) < 4.78 is 1.74. The van der Waals surface area contributed by atoms with Gasteiger partial charge in [-0.1, -0.05) is 41.6 Å². The summed E-state index contributed by atoms with van der Waals surface area (Å²) in [4.78, 5) is 29.1. The molecule has 2 aromatic heterocycles. The Hall–Kier alpha value is -3.26. The molecule has 7 nitrogen and oxygen atoms in total. The van der Waals surface area contributed by atoms with Crippen LogP contribution in [0.25, 0.3) is 6.08 Å². The van der Waals surface area contributed by atoms with E-state index in [-0.39, 0.29) is 11.8 Å². The van der Waals surface area contributed by atoms with Crippen LogP contribution in [0.2, 0.25) is 0 Å². The normalized spacial score (nSPS) is 14.5. The standard InChI is InChI=1S/C21H21N5O2S/c27-20(24-10-12-25(13-11-24)21(28)19-7-4-14-29-19)9-8-18-16-26(23-22-18)15-17-5-2-1-3-6-17/h1-9,14,16H,10-13,15H2/b9-8+. The van der Waals surface area contributed by atoms with Gasteiger partial charge in [0.05, 0.1) is 17.6 Å². The molecule has 0 N–H and O–H groups in total. The number of hydrogen-bond acceptors (Lipinski definition) is 5. The Labute approximate surface area is 172 Å². The van der Waals surface area contributed by atoms with Crippen molar-refractivity contribution in [2.75, 3.05) is 26.2 Å². The summed E-state index contributed by atoms with van der Waals surface area (Å²) in [6, 6.07) is 13.7. The molecule has 3 aromatic rings. The van der Waals surface area contributed by atoms with Gasteiger partial charge in [-0.2, -0.15) is 0 Å². The maximum Gasteiger partial charge on any atom is 0.264 e. The number of thiophene rings is 1. The van der Waals surface area contributed by atoms with E-state index in [1.807, 2.05) is 54.0 Å². The van der Waals surface area contributed by atoms with Crippen molar-refractivity contribution < 1.29 is 9.59 Å². The van der Waals surface area contributed by atoms with Crippen LogP contribution in [0.3, 0.4) is 0 Å². The Balaban J connectivity index is 1.29. The Bertz CT molecular complexity index is 989. The molecule has 2 amide bonds. The molecule has 1 fully saturated rings. The number of carbonyl (C=O) groups is 2. The minimum Gasteiger partial charge on any atom is -0.336 e. The van der Waals surface area contributed by atoms with Crippen LogP contribution in [0.4, 0.5) is 0 Å². The molecule has 1 aromatic carbocycles. The van der Waals surface area contributed by atoms with Gasteiger partial charge in [0.15, 0.2) is 0 Å². The molecule has 0 radical (unpaired) electrons. The molecule has 3 heterocycles. The molecule has 4 rings (SSSR count). The predicted molar refractivity (Wildman–Crippen MR) is 111 cm³/mol. The number of piperazine rings is 1. The van der Waals surface area contributed by atoms with Crippen molar-refractivity contribution in [3.8, 4) is 0 Å². The van der Waals surface area contributed by atoms with Crippen LogP contribution in [0.5, 0.6) is 0 Å². The molecule has 8 heteroatoms. The number of rotatable bonds is 5. The molecular formula is C21H21N5O2S. The zero-order chi connectivity index (χ0) is 20.1. The van der Waals surface area contributed by atoms with Gasteiger partial charge in [-0.3, -0.25) is 9.59 Å². The molecule has 0 saturated carbocycles. The first kappa shape index (κ1) is 19.1. The average Bonchev–Trinajstić information content (AvgIpc) is 3.45. The lowest BCUT2D eigenvalue weighted by atomic mass is 10.2. The molecule has 0 aliphatic carbocycles. The number of benzene rings is 1. The van der Waals surface area contributed by atoms with Crippen molar-refractivity contribution >= 4 is 29.2 Å². The average molecular weight is 407 g/mol. The molecule has 0 bridgehead atoms. The van der Waals surface area contributed by atoms with Gasteiger partial charge < -0.3 is 9.80 Å². The highest BCUT2D eigenvalue weighted by molar-refractivity contribution is 7.12. The summed E-state index contributed by atoms with van der Waals surface area (Å²) in [6.45, 7) is 2.78. The second-order valence-corrected chi connectivity index (χ2v) is 7.70. The van der Waals surface area contributed by atoms with Gasteiger partial charge in [0.1, 0.15) is 5.69 Å². The summed E-state index contributed by atoms with van der Waals surface area (Å²) in [6.07, 6.45) is 5.02. The molecule has 148 valence electrons.